The molecule has 0 aromatic carbocycles. The van der Waals surface area contributed by atoms with Crippen LogP contribution in [0.25, 0.3) is 0 Å². The quantitative estimate of drug-likeness (QED) is 0.787. The van der Waals surface area contributed by atoms with Crippen LogP contribution in [-0.4, -0.2) is 52.4 Å². The zero-order valence-electron chi connectivity index (χ0n) is 17.2. The van der Waals surface area contributed by atoms with E-state index in [4.69, 9.17) is 9.47 Å². The van der Waals surface area contributed by atoms with Gasteiger partial charge in [-0.3, -0.25) is 4.90 Å². The number of ether oxygens (including phenoxy) is 2. The molecule has 1 fully saturated rings. The monoisotopic (exact) mass is 397 g/mol. The number of piperidine rings is 1. The second kappa shape index (κ2) is 7.85. The molecule has 1 saturated heterocycles. The second-order valence-electron chi connectivity index (χ2n) is 8.39. The summed E-state index contributed by atoms with van der Waals surface area (Å²) in [7, 11) is 0. The Morgan fingerprint density at radius 1 is 1.10 bits per heavy atom. The topological polar surface area (TPSA) is 80.7 Å². The van der Waals surface area contributed by atoms with Crippen LogP contribution in [0.1, 0.15) is 39.2 Å². The van der Waals surface area contributed by atoms with Crippen LogP contribution < -0.4 is 14.5 Å². The van der Waals surface area contributed by atoms with Crippen LogP contribution in [0.2, 0.25) is 0 Å². The van der Waals surface area contributed by atoms with Crippen molar-refractivity contribution < 1.29 is 14.3 Å². The molecule has 2 aliphatic heterocycles. The van der Waals surface area contributed by atoms with Gasteiger partial charge in [-0.1, -0.05) is 0 Å². The van der Waals surface area contributed by atoms with Gasteiger partial charge in [0.05, 0.1) is 5.69 Å². The molecule has 4 rings (SSSR count). The molecule has 8 nitrogen and oxygen atoms in total. The fourth-order valence-electron chi connectivity index (χ4n) is 3.62. The summed E-state index contributed by atoms with van der Waals surface area (Å²) < 4.78 is 11.7. The van der Waals surface area contributed by atoms with Crippen molar-refractivity contribution in [2.24, 2.45) is 0 Å². The van der Waals surface area contributed by atoms with Crippen LogP contribution >= 0.6 is 0 Å². The first kappa shape index (κ1) is 19.4. The summed E-state index contributed by atoms with van der Waals surface area (Å²) in [4.78, 5) is 29.4. The number of pyridine rings is 1. The molecule has 0 saturated carbocycles. The molecule has 2 aromatic rings. The average Bonchev–Trinajstić information content (AvgIpc) is 3.11. The number of nitrogens with zero attached hydrogens (tertiary/aromatic N) is 5. The number of aromatic nitrogens is 3. The summed E-state index contributed by atoms with van der Waals surface area (Å²) in [5, 5.41) is 0. The Kier molecular flexibility index (Phi) is 5.25. The van der Waals surface area contributed by atoms with Gasteiger partial charge < -0.3 is 14.4 Å². The van der Waals surface area contributed by atoms with Gasteiger partial charge in [-0.05, 0) is 38.8 Å². The van der Waals surface area contributed by atoms with E-state index in [-0.39, 0.29) is 12.2 Å². The van der Waals surface area contributed by atoms with Crippen molar-refractivity contribution in [2.75, 3.05) is 29.4 Å². The Bertz CT molecular complexity index is 860. The Balaban J connectivity index is 1.39. The minimum absolute atomic E-state index is 0.0805. The lowest BCUT2D eigenvalue weighted by molar-refractivity contribution is 0.0584. The third kappa shape index (κ3) is 4.58. The Morgan fingerprint density at radius 3 is 2.52 bits per heavy atom. The molecule has 154 valence electrons. The molecule has 0 bridgehead atoms. The van der Waals surface area contributed by atoms with Crippen molar-refractivity contribution in [3.05, 3.63) is 36.3 Å². The molecule has 8 heteroatoms. The molecule has 2 aliphatic rings. The highest BCUT2D eigenvalue weighted by molar-refractivity contribution is 5.90. The van der Waals surface area contributed by atoms with E-state index in [1.807, 2.05) is 39.1 Å². The summed E-state index contributed by atoms with van der Waals surface area (Å²) >= 11 is 0. The van der Waals surface area contributed by atoms with Crippen LogP contribution in [0.5, 0.6) is 5.88 Å². The highest BCUT2D eigenvalue weighted by Crippen LogP contribution is 2.32. The number of fused-ring (bicyclic) bond motifs is 1. The van der Waals surface area contributed by atoms with Crippen LogP contribution in [0.4, 0.5) is 16.4 Å². The number of hydrogen-bond acceptors (Lipinski definition) is 7. The fraction of sp³-hybridized carbons (Fsp3) is 0.524. The standard InChI is InChI=1S/C21H27N5O3/c1-21(2,3)29-20(27)26-12-5-15-14-24-18(13-17(15)26)28-16-6-10-25(11-7-16)19-22-8-4-9-23-19/h4,8-9,13-14,16H,5-7,10-12H2,1-3H3. The first-order chi connectivity index (χ1) is 13.9. The lowest BCUT2D eigenvalue weighted by atomic mass is 10.1. The van der Waals surface area contributed by atoms with Crippen LogP contribution in [0.15, 0.2) is 30.7 Å². The average molecular weight is 397 g/mol. The smallest absolute Gasteiger partial charge is 0.414 e. The molecule has 4 heterocycles. The first-order valence-electron chi connectivity index (χ1n) is 10.1. The first-order valence-corrected chi connectivity index (χ1v) is 10.1. The molecule has 1 amide bonds. The van der Waals surface area contributed by atoms with E-state index in [0.717, 1.165) is 49.6 Å². The van der Waals surface area contributed by atoms with Crippen molar-refractivity contribution in [2.45, 2.75) is 51.7 Å². The highest BCUT2D eigenvalue weighted by atomic mass is 16.6. The number of carbonyl (C=O) groups excluding carboxylic acids is 1. The van der Waals surface area contributed by atoms with Crippen LogP contribution in [-0.2, 0) is 11.2 Å². The van der Waals surface area contributed by atoms with Gasteiger partial charge in [0.2, 0.25) is 11.8 Å². The molecule has 0 spiro atoms. The van der Waals surface area contributed by atoms with Crippen molar-refractivity contribution in [1.82, 2.24) is 15.0 Å². The Labute approximate surface area is 170 Å². The van der Waals surface area contributed by atoms with Gasteiger partial charge in [0.1, 0.15) is 11.7 Å². The largest absolute Gasteiger partial charge is 0.474 e. The maximum Gasteiger partial charge on any atom is 0.414 e. The SMILES string of the molecule is CC(C)(C)OC(=O)N1CCc2cnc(OC3CCN(c4ncccn4)CC3)cc21. The van der Waals surface area contributed by atoms with Gasteiger partial charge in [-0.2, -0.15) is 0 Å². The molecular formula is C21H27N5O3. The van der Waals surface area contributed by atoms with E-state index in [0.29, 0.717) is 12.4 Å². The predicted molar refractivity (Wildman–Crippen MR) is 109 cm³/mol. The molecular weight excluding hydrogens is 370 g/mol. The Hall–Kier alpha value is -2.90. The normalized spacial score (nSPS) is 17.2. The van der Waals surface area contributed by atoms with E-state index in [9.17, 15) is 4.79 Å². The van der Waals surface area contributed by atoms with E-state index in [1.165, 1.54) is 0 Å². The van der Waals surface area contributed by atoms with Gasteiger partial charge in [0, 0.05) is 57.1 Å². The maximum atomic E-state index is 12.5. The van der Waals surface area contributed by atoms with Gasteiger partial charge in [-0.25, -0.2) is 19.7 Å². The van der Waals surface area contributed by atoms with Crippen molar-refractivity contribution in [3.63, 3.8) is 0 Å². The highest BCUT2D eigenvalue weighted by Gasteiger charge is 2.30. The number of carbonyl (C=O) groups is 1. The zero-order valence-corrected chi connectivity index (χ0v) is 17.2. The second-order valence-corrected chi connectivity index (χ2v) is 8.39. The molecule has 0 N–H and O–H groups in total. The summed E-state index contributed by atoms with van der Waals surface area (Å²) in [6, 6.07) is 3.68. The Morgan fingerprint density at radius 2 is 1.83 bits per heavy atom. The number of amides is 1. The molecule has 0 radical (unpaired) electrons. The number of rotatable bonds is 3. The lowest BCUT2D eigenvalue weighted by Crippen LogP contribution is -2.39. The van der Waals surface area contributed by atoms with Gasteiger partial charge in [0.15, 0.2) is 0 Å². The zero-order chi connectivity index (χ0) is 20.4. The summed E-state index contributed by atoms with van der Waals surface area (Å²) in [5.41, 5.74) is 1.35. The third-order valence-corrected chi connectivity index (χ3v) is 5.01. The van der Waals surface area contributed by atoms with Gasteiger partial charge >= 0.3 is 6.09 Å². The third-order valence-electron chi connectivity index (χ3n) is 5.01. The molecule has 2 aromatic heterocycles. The van der Waals surface area contributed by atoms with Crippen molar-refractivity contribution in [1.29, 1.82) is 0 Å². The van der Waals surface area contributed by atoms with E-state index in [1.54, 1.807) is 17.3 Å². The lowest BCUT2D eigenvalue weighted by Gasteiger charge is -2.31. The number of hydrogen-bond donors (Lipinski definition) is 0. The van der Waals surface area contributed by atoms with Crippen LogP contribution in [0.3, 0.4) is 0 Å². The van der Waals surface area contributed by atoms with Crippen molar-refractivity contribution >= 4 is 17.7 Å². The van der Waals surface area contributed by atoms with Crippen LogP contribution in [0, 0.1) is 0 Å². The van der Waals surface area contributed by atoms with E-state index in [2.05, 4.69) is 19.9 Å². The molecule has 0 atom stereocenters. The minimum Gasteiger partial charge on any atom is -0.474 e. The van der Waals surface area contributed by atoms with Gasteiger partial charge in [-0.15, -0.1) is 0 Å². The molecule has 29 heavy (non-hydrogen) atoms. The van der Waals surface area contributed by atoms with E-state index < -0.39 is 5.60 Å². The molecule has 0 aliphatic carbocycles. The van der Waals surface area contributed by atoms with E-state index >= 15 is 0 Å². The maximum absolute atomic E-state index is 12.5. The van der Waals surface area contributed by atoms with Crippen molar-refractivity contribution in [3.8, 4) is 5.88 Å². The fourth-order valence-corrected chi connectivity index (χ4v) is 3.62. The predicted octanol–water partition coefficient (Wildman–Crippen LogP) is 3.22. The summed E-state index contributed by atoms with van der Waals surface area (Å²) in [5.74, 6) is 1.31. The summed E-state index contributed by atoms with van der Waals surface area (Å²) in [6.45, 7) is 7.89. The number of anilines is 2. The molecule has 0 unspecified atom stereocenters. The van der Waals surface area contributed by atoms with Gasteiger partial charge in [0.25, 0.3) is 0 Å². The minimum atomic E-state index is -0.525. The summed E-state index contributed by atoms with van der Waals surface area (Å²) in [6.07, 6.45) is 7.59.